The molecule has 2 heterocycles. The molecular weight excluding hydrogens is 366 g/mol. The fourth-order valence-electron chi connectivity index (χ4n) is 3.59. The number of hydrogen-bond donors (Lipinski definition) is 2. The zero-order valence-corrected chi connectivity index (χ0v) is 15.8. The summed E-state index contributed by atoms with van der Waals surface area (Å²) in [5.74, 6) is -1.49. The molecule has 0 radical (unpaired) electrons. The number of carboxylic acid groups (broad SMARTS) is 1. The average molecular weight is 384 g/mol. The van der Waals surface area contributed by atoms with Gasteiger partial charge < -0.3 is 10.8 Å². The van der Waals surface area contributed by atoms with Gasteiger partial charge in [-0.1, -0.05) is 0 Å². The molecule has 3 N–H and O–H groups in total. The van der Waals surface area contributed by atoms with E-state index >= 15 is 0 Å². The summed E-state index contributed by atoms with van der Waals surface area (Å²) >= 11 is 0. The molecule has 5 nitrogen and oxygen atoms in total. The van der Waals surface area contributed by atoms with Gasteiger partial charge in [0, 0.05) is 6.20 Å². The number of anilines is 1. The Morgan fingerprint density at radius 1 is 1.30 bits per heavy atom. The van der Waals surface area contributed by atoms with E-state index in [0.29, 0.717) is 11.1 Å². The number of rotatable bonds is 3. The first-order valence-electron chi connectivity index (χ1n) is 8.56. The Morgan fingerprint density at radius 3 is 2.63 bits per heavy atom. The minimum Gasteiger partial charge on any atom is -0.477 e. The lowest BCUT2D eigenvalue weighted by Crippen LogP contribution is -2.23. The normalized spacial score (nSPS) is 13.9. The molecule has 1 aromatic carbocycles. The maximum Gasteiger partial charge on any atom is 0.341 e. The molecule has 2 aromatic heterocycles. The third kappa shape index (κ3) is 2.81. The standard InChI is InChI=1S/C20H18FN2O3P/c1-9-11(13-7-15(21)16(22)8-17(13)27)4-5-23-18(9)12(10-2-3-10)6-14(19(23)24)20(25)26/h4-8,10H,2-3,22,27H2,1H3,(H,25,26). The highest BCUT2D eigenvalue weighted by atomic mass is 31.0. The SMILES string of the molecule is Cc1c(-c2cc(F)c(N)cc2P)ccn2c(=O)c(C(=O)O)cc(C3CC3)c12. The zero-order chi connectivity index (χ0) is 19.5. The Labute approximate surface area is 156 Å². The summed E-state index contributed by atoms with van der Waals surface area (Å²) in [6.07, 6.45) is 3.49. The number of nitrogens with zero attached hydrogens (tertiary/aromatic N) is 1. The van der Waals surface area contributed by atoms with Gasteiger partial charge in [-0.2, -0.15) is 0 Å². The van der Waals surface area contributed by atoms with E-state index in [2.05, 4.69) is 9.24 Å². The number of carboxylic acids is 1. The molecule has 7 heteroatoms. The predicted molar refractivity (Wildman–Crippen MR) is 106 cm³/mol. The maximum atomic E-state index is 14.1. The molecule has 0 bridgehead atoms. The van der Waals surface area contributed by atoms with Crippen LogP contribution in [0.5, 0.6) is 0 Å². The third-order valence-electron chi connectivity index (χ3n) is 5.12. The molecule has 1 atom stereocenters. The summed E-state index contributed by atoms with van der Waals surface area (Å²) in [5.41, 5.74) is 8.73. The fourth-order valence-corrected chi connectivity index (χ4v) is 4.01. The lowest BCUT2D eigenvalue weighted by Gasteiger charge is -2.17. The molecule has 1 aliphatic carbocycles. The number of carbonyl (C=O) groups is 1. The van der Waals surface area contributed by atoms with Crippen molar-refractivity contribution in [3.05, 3.63) is 63.3 Å². The van der Waals surface area contributed by atoms with Crippen LogP contribution in [0.25, 0.3) is 16.6 Å². The number of aromatic carboxylic acids is 1. The van der Waals surface area contributed by atoms with Crippen LogP contribution in [0.3, 0.4) is 0 Å². The summed E-state index contributed by atoms with van der Waals surface area (Å²) in [6, 6.07) is 6.15. The Kier molecular flexibility index (Phi) is 4.04. The van der Waals surface area contributed by atoms with Crippen molar-refractivity contribution in [1.29, 1.82) is 0 Å². The van der Waals surface area contributed by atoms with E-state index in [1.54, 1.807) is 18.3 Å². The van der Waals surface area contributed by atoms with Crippen LogP contribution in [0.1, 0.15) is 40.2 Å². The third-order valence-corrected chi connectivity index (χ3v) is 5.60. The van der Waals surface area contributed by atoms with Crippen molar-refractivity contribution in [1.82, 2.24) is 4.40 Å². The number of aryl methyl sites for hydroxylation is 1. The van der Waals surface area contributed by atoms with Gasteiger partial charge in [-0.25, -0.2) is 9.18 Å². The first kappa shape index (κ1) is 17.7. The number of nitrogen functional groups attached to an aromatic ring is 1. The molecule has 27 heavy (non-hydrogen) atoms. The molecular formula is C20H18FN2O3P. The molecule has 0 spiro atoms. The second kappa shape index (κ2) is 6.17. The number of hydrogen-bond acceptors (Lipinski definition) is 3. The Morgan fingerprint density at radius 2 is 2.00 bits per heavy atom. The van der Waals surface area contributed by atoms with E-state index in [0.717, 1.165) is 34.8 Å². The smallest absolute Gasteiger partial charge is 0.341 e. The van der Waals surface area contributed by atoms with Crippen molar-refractivity contribution < 1.29 is 14.3 Å². The molecule has 4 rings (SSSR count). The highest BCUT2D eigenvalue weighted by Crippen LogP contribution is 2.43. The molecule has 0 saturated heterocycles. The van der Waals surface area contributed by atoms with Gasteiger partial charge in [0.2, 0.25) is 0 Å². The largest absolute Gasteiger partial charge is 0.477 e. The van der Waals surface area contributed by atoms with Crippen LogP contribution in [0.2, 0.25) is 0 Å². The van der Waals surface area contributed by atoms with Gasteiger partial charge in [0.15, 0.2) is 0 Å². The van der Waals surface area contributed by atoms with Crippen LogP contribution in [0.4, 0.5) is 10.1 Å². The van der Waals surface area contributed by atoms with Gasteiger partial charge in [-0.05, 0) is 77.5 Å². The van der Waals surface area contributed by atoms with Crippen LogP contribution < -0.4 is 16.6 Å². The van der Waals surface area contributed by atoms with Crippen LogP contribution in [-0.4, -0.2) is 15.5 Å². The summed E-state index contributed by atoms with van der Waals surface area (Å²) in [4.78, 5) is 24.1. The van der Waals surface area contributed by atoms with Crippen molar-refractivity contribution >= 4 is 31.7 Å². The maximum absolute atomic E-state index is 14.1. The van der Waals surface area contributed by atoms with Gasteiger partial charge in [0.25, 0.3) is 5.56 Å². The molecule has 1 fully saturated rings. The van der Waals surface area contributed by atoms with Crippen LogP contribution in [0.15, 0.2) is 35.3 Å². The minimum atomic E-state index is -1.23. The number of halogens is 1. The van der Waals surface area contributed by atoms with Crippen LogP contribution >= 0.6 is 9.24 Å². The summed E-state index contributed by atoms with van der Waals surface area (Å²) in [7, 11) is 2.56. The number of benzene rings is 1. The molecule has 1 saturated carbocycles. The molecule has 0 aliphatic heterocycles. The van der Waals surface area contributed by atoms with E-state index in [1.807, 2.05) is 6.92 Å². The van der Waals surface area contributed by atoms with E-state index in [1.165, 1.54) is 16.5 Å². The molecule has 1 aliphatic rings. The van der Waals surface area contributed by atoms with Gasteiger partial charge in [-0.3, -0.25) is 9.20 Å². The number of nitrogens with two attached hydrogens (primary N) is 1. The molecule has 0 amide bonds. The predicted octanol–water partition coefficient (Wildman–Crippen LogP) is 3.07. The number of aromatic nitrogens is 1. The highest BCUT2D eigenvalue weighted by Gasteiger charge is 2.29. The Hall–Kier alpha value is -2.72. The van der Waals surface area contributed by atoms with E-state index in [-0.39, 0.29) is 17.2 Å². The second-order valence-electron chi connectivity index (χ2n) is 6.93. The first-order valence-corrected chi connectivity index (χ1v) is 9.14. The molecule has 138 valence electrons. The van der Waals surface area contributed by atoms with E-state index < -0.39 is 17.3 Å². The number of pyridine rings is 2. The van der Waals surface area contributed by atoms with Gasteiger partial charge in [0.1, 0.15) is 11.4 Å². The van der Waals surface area contributed by atoms with Gasteiger partial charge >= 0.3 is 5.97 Å². The Bertz CT molecular complexity index is 1180. The second-order valence-corrected chi connectivity index (χ2v) is 7.55. The summed E-state index contributed by atoms with van der Waals surface area (Å²) in [6.45, 7) is 1.87. The van der Waals surface area contributed by atoms with E-state index in [4.69, 9.17) is 5.73 Å². The zero-order valence-electron chi connectivity index (χ0n) is 14.6. The van der Waals surface area contributed by atoms with E-state index in [9.17, 15) is 19.1 Å². The minimum absolute atomic E-state index is 0.0724. The van der Waals surface area contributed by atoms with Crippen molar-refractivity contribution in [3.8, 4) is 11.1 Å². The topological polar surface area (TPSA) is 84.8 Å². The van der Waals surface area contributed by atoms with Gasteiger partial charge in [-0.15, -0.1) is 9.24 Å². The van der Waals surface area contributed by atoms with Crippen LogP contribution in [0, 0.1) is 12.7 Å². The average Bonchev–Trinajstić information content (AvgIpc) is 3.44. The first-order chi connectivity index (χ1) is 12.8. The molecule has 1 unspecified atom stereocenters. The summed E-state index contributed by atoms with van der Waals surface area (Å²) in [5, 5.41) is 10.1. The fraction of sp³-hybridized carbons (Fsp3) is 0.200. The van der Waals surface area contributed by atoms with Crippen molar-refractivity contribution in [3.63, 3.8) is 0 Å². The molecule has 3 aromatic rings. The Balaban J connectivity index is 2.07. The van der Waals surface area contributed by atoms with Crippen molar-refractivity contribution in [2.75, 3.05) is 5.73 Å². The highest BCUT2D eigenvalue weighted by molar-refractivity contribution is 7.28. The quantitative estimate of drug-likeness (QED) is 0.537. The van der Waals surface area contributed by atoms with Crippen molar-refractivity contribution in [2.24, 2.45) is 0 Å². The van der Waals surface area contributed by atoms with Crippen LogP contribution in [-0.2, 0) is 0 Å². The monoisotopic (exact) mass is 384 g/mol. The lowest BCUT2D eigenvalue weighted by atomic mass is 9.96. The number of fused-ring (bicyclic) bond motifs is 1. The summed E-state index contributed by atoms with van der Waals surface area (Å²) < 4.78 is 15.5. The lowest BCUT2D eigenvalue weighted by molar-refractivity contribution is 0.0694. The van der Waals surface area contributed by atoms with Gasteiger partial charge in [0.05, 0.1) is 11.2 Å². The van der Waals surface area contributed by atoms with Crippen molar-refractivity contribution in [2.45, 2.75) is 25.7 Å².